The molecule has 2 saturated heterocycles. The molecule has 2 unspecified atom stereocenters. The van der Waals surface area contributed by atoms with Gasteiger partial charge < -0.3 is 15.4 Å². The highest BCUT2D eigenvalue weighted by atomic mass is 35.5. The number of carbonyl (C=O) groups excluding carboxylic acids is 1. The number of piperidine rings is 1. The Morgan fingerprint density at radius 2 is 1.93 bits per heavy atom. The minimum Gasteiger partial charge on any atom is -0.379 e. The van der Waals surface area contributed by atoms with Crippen molar-refractivity contribution in [3.63, 3.8) is 0 Å². The molecule has 27 heavy (non-hydrogen) atoms. The Morgan fingerprint density at radius 3 is 2.52 bits per heavy atom. The van der Waals surface area contributed by atoms with Crippen molar-refractivity contribution in [3.8, 4) is 0 Å². The van der Waals surface area contributed by atoms with Crippen molar-refractivity contribution in [1.82, 2.24) is 9.80 Å². The smallest absolute Gasteiger partial charge is 0.244 e. The average Bonchev–Trinajstić information content (AvgIpc) is 2.58. The molecule has 3 rings (SSSR count). The van der Waals surface area contributed by atoms with E-state index in [0.29, 0.717) is 45.0 Å². The van der Waals surface area contributed by atoms with Crippen LogP contribution in [0.5, 0.6) is 0 Å². The molecular formula is C19H30Cl2FN3O2. The van der Waals surface area contributed by atoms with Crippen molar-refractivity contribution in [1.29, 1.82) is 0 Å². The highest BCUT2D eigenvalue weighted by Crippen LogP contribution is 2.31. The number of morpholine rings is 1. The van der Waals surface area contributed by atoms with E-state index in [1.807, 2.05) is 11.0 Å². The summed E-state index contributed by atoms with van der Waals surface area (Å²) in [4.78, 5) is 17.4. The van der Waals surface area contributed by atoms with Gasteiger partial charge in [-0.2, -0.15) is 0 Å². The molecule has 1 aromatic carbocycles. The van der Waals surface area contributed by atoms with E-state index >= 15 is 0 Å². The third-order valence-electron chi connectivity index (χ3n) is 5.43. The lowest BCUT2D eigenvalue weighted by molar-refractivity contribution is -0.142. The molecule has 0 saturated carbocycles. The summed E-state index contributed by atoms with van der Waals surface area (Å²) in [6, 6.07) is 6.01. The Labute approximate surface area is 173 Å². The number of nitrogens with two attached hydrogens (primary N) is 1. The van der Waals surface area contributed by atoms with Crippen molar-refractivity contribution in [2.75, 3.05) is 39.4 Å². The minimum atomic E-state index is -0.468. The number of carbonyl (C=O) groups is 1. The molecule has 2 heterocycles. The molecule has 5 nitrogen and oxygen atoms in total. The van der Waals surface area contributed by atoms with Gasteiger partial charge >= 0.3 is 0 Å². The van der Waals surface area contributed by atoms with Crippen LogP contribution < -0.4 is 5.73 Å². The van der Waals surface area contributed by atoms with Crippen molar-refractivity contribution in [2.24, 2.45) is 11.1 Å². The molecule has 2 N–H and O–H groups in total. The van der Waals surface area contributed by atoms with Gasteiger partial charge in [0, 0.05) is 32.2 Å². The van der Waals surface area contributed by atoms with Crippen molar-refractivity contribution >= 4 is 30.7 Å². The van der Waals surface area contributed by atoms with Gasteiger partial charge in [0.1, 0.15) is 11.9 Å². The molecule has 2 fully saturated rings. The van der Waals surface area contributed by atoms with Gasteiger partial charge in [-0.25, -0.2) is 4.39 Å². The maximum Gasteiger partial charge on any atom is 0.244 e. The molecule has 2 atom stereocenters. The number of rotatable bonds is 3. The predicted molar refractivity (Wildman–Crippen MR) is 109 cm³/mol. The summed E-state index contributed by atoms with van der Waals surface area (Å²) in [5.74, 6) is -0.281. The Bertz CT molecular complexity index is 627. The van der Waals surface area contributed by atoms with E-state index in [-0.39, 0.29) is 48.0 Å². The topological polar surface area (TPSA) is 58.8 Å². The summed E-state index contributed by atoms with van der Waals surface area (Å²) in [6.07, 6.45) is 0.789. The zero-order chi connectivity index (χ0) is 18.0. The lowest BCUT2D eigenvalue weighted by atomic mass is 9.79. The largest absolute Gasteiger partial charge is 0.379 e. The summed E-state index contributed by atoms with van der Waals surface area (Å²) >= 11 is 0. The molecule has 1 amide bonds. The van der Waals surface area contributed by atoms with Gasteiger partial charge in [-0.3, -0.25) is 9.69 Å². The molecule has 154 valence electrons. The van der Waals surface area contributed by atoms with Gasteiger partial charge in [-0.05, 0) is 29.5 Å². The van der Waals surface area contributed by atoms with E-state index in [0.717, 1.165) is 6.42 Å². The lowest BCUT2D eigenvalue weighted by Crippen LogP contribution is -2.56. The fourth-order valence-electron chi connectivity index (χ4n) is 3.76. The Kier molecular flexibility index (Phi) is 8.96. The van der Waals surface area contributed by atoms with Crippen molar-refractivity contribution in [2.45, 2.75) is 32.4 Å². The monoisotopic (exact) mass is 421 g/mol. The maximum absolute atomic E-state index is 13.8. The predicted octanol–water partition coefficient (Wildman–Crippen LogP) is 2.63. The van der Waals surface area contributed by atoms with Crippen LogP contribution in [0, 0.1) is 11.2 Å². The van der Waals surface area contributed by atoms with E-state index in [4.69, 9.17) is 10.5 Å². The zero-order valence-electron chi connectivity index (χ0n) is 15.9. The molecule has 1 aromatic rings. The van der Waals surface area contributed by atoms with Crippen LogP contribution in [0.15, 0.2) is 24.3 Å². The van der Waals surface area contributed by atoms with Gasteiger partial charge in [0.2, 0.25) is 5.91 Å². The summed E-state index contributed by atoms with van der Waals surface area (Å²) in [7, 11) is 0. The van der Waals surface area contributed by atoms with Gasteiger partial charge in [-0.15, -0.1) is 24.8 Å². The summed E-state index contributed by atoms with van der Waals surface area (Å²) in [5, 5.41) is 0. The average molecular weight is 422 g/mol. The number of nitrogens with zero attached hydrogens (tertiary/aromatic N) is 2. The van der Waals surface area contributed by atoms with Crippen LogP contribution in [0.2, 0.25) is 0 Å². The Balaban J connectivity index is 0.00000182. The molecule has 0 aromatic heterocycles. The zero-order valence-corrected chi connectivity index (χ0v) is 17.5. The third kappa shape index (κ3) is 5.55. The van der Waals surface area contributed by atoms with Crippen LogP contribution in [0.1, 0.15) is 31.9 Å². The quantitative estimate of drug-likeness (QED) is 0.814. The van der Waals surface area contributed by atoms with Gasteiger partial charge in [-0.1, -0.05) is 26.0 Å². The van der Waals surface area contributed by atoms with Crippen LogP contribution in [-0.4, -0.2) is 61.1 Å². The molecule has 2 aliphatic heterocycles. The summed E-state index contributed by atoms with van der Waals surface area (Å²) in [6.45, 7) is 8.01. The first-order valence-electron chi connectivity index (χ1n) is 9.00. The van der Waals surface area contributed by atoms with Crippen LogP contribution in [0.25, 0.3) is 0 Å². The fraction of sp³-hybridized carbons (Fsp3) is 0.632. The molecule has 0 aliphatic carbocycles. The van der Waals surface area contributed by atoms with Crippen LogP contribution >= 0.6 is 24.8 Å². The van der Waals surface area contributed by atoms with E-state index in [1.165, 1.54) is 12.1 Å². The standard InChI is InChI=1S/C19H28FN3O2.2ClH/c1-19(2)13-23(7-6-16(19)21)18(24)17(22-8-10-25-11-9-22)14-4-3-5-15(20)12-14;;/h3-5,12,16-17H,6-11,13,21H2,1-2H3;2*1H. The number of benzene rings is 1. The second-order valence-corrected chi connectivity index (χ2v) is 7.75. The van der Waals surface area contributed by atoms with E-state index in [2.05, 4.69) is 18.7 Å². The Morgan fingerprint density at radius 1 is 1.26 bits per heavy atom. The summed E-state index contributed by atoms with van der Waals surface area (Å²) < 4.78 is 19.2. The fourth-order valence-corrected chi connectivity index (χ4v) is 3.76. The van der Waals surface area contributed by atoms with Gasteiger partial charge in [0.25, 0.3) is 0 Å². The number of ether oxygens (including phenoxy) is 1. The molecule has 0 bridgehead atoms. The van der Waals surface area contributed by atoms with Gasteiger partial charge in [0.05, 0.1) is 13.2 Å². The SMILES string of the molecule is CC1(C)CN(C(=O)C(c2cccc(F)c2)N2CCOCC2)CCC1N.Cl.Cl. The first kappa shape index (κ1) is 24.1. The number of hydrogen-bond acceptors (Lipinski definition) is 4. The number of amides is 1. The molecule has 0 radical (unpaired) electrons. The minimum absolute atomic E-state index is 0. The van der Waals surface area contributed by atoms with Crippen molar-refractivity contribution < 1.29 is 13.9 Å². The first-order valence-corrected chi connectivity index (χ1v) is 9.00. The maximum atomic E-state index is 13.8. The number of hydrogen-bond donors (Lipinski definition) is 1. The number of likely N-dealkylation sites (tertiary alicyclic amines) is 1. The van der Waals surface area contributed by atoms with E-state index in [1.54, 1.807) is 6.07 Å². The normalized spacial score (nSPS) is 23.7. The van der Waals surface area contributed by atoms with E-state index in [9.17, 15) is 9.18 Å². The first-order chi connectivity index (χ1) is 11.9. The second-order valence-electron chi connectivity index (χ2n) is 7.75. The highest BCUT2D eigenvalue weighted by molar-refractivity contribution is 5.85. The highest BCUT2D eigenvalue weighted by Gasteiger charge is 2.39. The second kappa shape index (κ2) is 10.0. The molecule has 2 aliphatic rings. The third-order valence-corrected chi connectivity index (χ3v) is 5.43. The number of halogens is 3. The molecule has 8 heteroatoms. The Hall–Kier alpha value is -0.920. The summed E-state index contributed by atoms with van der Waals surface area (Å²) in [5.41, 5.74) is 6.80. The van der Waals surface area contributed by atoms with Crippen LogP contribution in [0.3, 0.4) is 0 Å². The lowest BCUT2D eigenvalue weighted by Gasteiger charge is -2.45. The molecule has 0 spiro atoms. The van der Waals surface area contributed by atoms with E-state index < -0.39 is 6.04 Å². The van der Waals surface area contributed by atoms with Gasteiger partial charge in [0.15, 0.2) is 0 Å². The molecular weight excluding hydrogens is 392 g/mol. The van der Waals surface area contributed by atoms with Crippen LogP contribution in [0.4, 0.5) is 4.39 Å². The van der Waals surface area contributed by atoms with Crippen molar-refractivity contribution in [3.05, 3.63) is 35.6 Å². The van der Waals surface area contributed by atoms with Crippen LogP contribution in [-0.2, 0) is 9.53 Å².